The number of nitrogens with one attached hydrogen (secondary N) is 1. The highest BCUT2D eigenvalue weighted by molar-refractivity contribution is 7.87. The van der Waals surface area contributed by atoms with Crippen LogP contribution in [0.5, 0.6) is 0 Å². The zero-order valence-corrected chi connectivity index (χ0v) is 13.3. The second kappa shape index (κ2) is 7.04. The summed E-state index contributed by atoms with van der Waals surface area (Å²) in [6, 6.07) is -0.0389. The summed E-state index contributed by atoms with van der Waals surface area (Å²) in [6.45, 7) is 5.39. The Hall–Kier alpha value is -0.700. The molecule has 0 aliphatic carbocycles. The van der Waals surface area contributed by atoms with Crippen LogP contribution in [-0.4, -0.2) is 67.5 Å². The maximum atomic E-state index is 12.4. The van der Waals surface area contributed by atoms with Crippen molar-refractivity contribution >= 4 is 16.2 Å². The van der Waals surface area contributed by atoms with Gasteiger partial charge in [-0.1, -0.05) is 6.92 Å². The van der Waals surface area contributed by atoms with E-state index < -0.39 is 22.1 Å². The number of nitrogens with zero attached hydrogens (tertiary/aromatic N) is 2. The maximum absolute atomic E-state index is 12.4. The summed E-state index contributed by atoms with van der Waals surface area (Å²) in [5.41, 5.74) is 0. The zero-order valence-electron chi connectivity index (χ0n) is 12.5. The summed E-state index contributed by atoms with van der Waals surface area (Å²) in [6.07, 6.45) is 2.77. The van der Waals surface area contributed by atoms with Crippen LogP contribution in [0.2, 0.25) is 0 Å². The smallest absolute Gasteiger partial charge is 0.307 e. The van der Waals surface area contributed by atoms with Gasteiger partial charge in [0.1, 0.15) is 0 Å². The third kappa shape index (κ3) is 4.38. The van der Waals surface area contributed by atoms with E-state index in [2.05, 4.69) is 16.5 Å². The Morgan fingerprint density at radius 2 is 1.90 bits per heavy atom. The average molecular weight is 319 g/mol. The molecule has 122 valence electrons. The molecule has 2 fully saturated rings. The van der Waals surface area contributed by atoms with Gasteiger partial charge in [-0.25, -0.2) is 0 Å². The number of hydrogen-bond acceptors (Lipinski definition) is 4. The fourth-order valence-corrected chi connectivity index (χ4v) is 4.57. The lowest BCUT2D eigenvalue weighted by atomic mass is 10.0. The number of rotatable bonds is 5. The lowest BCUT2D eigenvalue weighted by Gasteiger charge is -2.34. The van der Waals surface area contributed by atoms with Crippen LogP contribution in [0.4, 0.5) is 0 Å². The SMILES string of the molecule is CCN1CCC(NS(=O)(=O)N2CCCC(C(=O)O)C2)CC1. The van der Waals surface area contributed by atoms with Crippen LogP contribution < -0.4 is 4.72 Å². The van der Waals surface area contributed by atoms with Crippen molar-refractivity contribution in [3.05, 3.63) is 0 Å². The van der Waals surface area contributed by atoms with Crippen molar-refractivity contribution in [3.63, 3.8) is 0 Å². The molecule has 21 heavy (non-hydrogen) atoms. The van der Waals surface area contributed by atoms with Crippen LogP contribution in [0.15, 0.2) is 0 Å². The van der Waals surface area contributed by atoms with Crippen molar-refractivity contribution in [1.82, 2.24) is 13.9 Å². The molecule has 0 saturated carbocycles. The van der Waals surface area contributed by atoms with Crippen LogP contribution in [0.3, 0.4) is 0 Å². The molecule has 2 rings (SSSR count). The van der Waals surface area contributed by atoms with E-state index in [4.69, 9.17) is 5.11 Å². The largest absolute Gasteiger partial charge is 0.481 e. The van der Waals surface area contributed by atoms with Gasteiger partial charge < -0.3 is 10.0 Å². The Morgan fingerprint density at radius 3 is 2.48 bits per heavy atom. The summed E-state index contributed by atoms with van der Waals surface area (Å²) >= 11 is 0. The fraction of sp³-hybridized carbons (Fsp3) is 0.923. The summed E-state index contributed by atoms with van der Waals surface area (Å²) < 4.78 is 28.8. The van der Waals surface area contributed by atoms with Gasteiger partial charge in [0.25, 0.3) is 10.2 Å². The van der Waals surface area contributed by atoms with Crippen molar-refractivity contribution in [2.75, 3.05) is 32.7 Å². The van der Waals surface area contributed by atoms with Crippen LogP contribution in [0, 0.1) is 5.92 Å². The molecular formula is C13H25N3O4S. The highest BCUT2D eigenvalue weighted by atomic mass is 32.2. The molecule has 0 bridgehead atoms. The molecule has 0 aromatic heterocycles. The van der Waals surface area contributed by atoms with E-state index in [-0.39, 0.29) is 12.6 Å². The Balaban J connectivity index is 1.91. The molecule has 1 atom stereocenters. The number of likely N-dealkylation sites (tertiary alicyclic amines) is 1. The second-order valence-electron chi connectivity index (χ2n) is 5.87. The van der Waals surface area contributed by atoms with E-state index in [1.54, 1.807) is 0 Å². The minimum atomic E-state index is -3.57. The minimum Gasteiger partial charge on any atom is -0.481 e. The third-order valence-corrected chi connectivity index (χ3v) is 6.07. The first kappa shape index (κ1) is 16.7. The Morgan fingerprint density at radius 1 is 1.24 bits per heavy atom. The number of aliphatic carboxylic acids is 1. The van der Waals surface area contributed by atoms with Gasteiger partial charge in [-0.05, 0) is 45.3 Å². The predicted octanol–water partition coefficient (Wildman–Crippen LogP) is 0.102. The van der Waals surface area contributed by atoms with Crippen LogP contribution >= 0.6 is 0 Å². The first-order valence-corrected chi connectivity index (χ1v) is 9.09. The molecule has 0 aromatic rings. The standard InChI is InChI=1S/C13H25N3O4S/c1-2-15-8-5-12(6-9-15)14-21(19,20)16-7-3-4-11(10-16)13(17)18/h11-12,14H,2-10H2,1H3,(H,17,18). The molecule has 2 N–H and O–H groups in total. The molecule has 0 amide bonds. The predicted molar refractivity (Wildman–Crippen MR) is 79.1 cm³/mol. The van der Waals surface area contributed by atoms with Gasteiger partial charge in [0.2, 0.25) is 0 Å². The van der Waals surface area contributed by atoms with Gasteiger partial charge in [0, 0.05) is 19.1 Å². The molecular weight excluding hydrogens is 294 g/mol. The molecule has 0 radical (unpaired) electrons. The zero-order chi connectivity index (χ0) is 15.5. The van der Waals surface area contributed by atoms with Gasteiger partial charge >= 0.3 is 5.97 Å². The van der Waals surface area contributed by atoms with E-state index in [1.165, 1.54) is 4.31 Å². The Bertz CT molecular complexity index is 460. The number of hydrogen-bond donors (Lipinski definition) is 2. The second-order valence-corrected chi connectivity index (χ2v) is 7.57. The average Bonchev–Trinajstić information content (AvgIpc) is 2.48. The van der Waals surface area contributed by atoms with E-state index in [0.29, 0.717) is 19.4 Å². The number of carboxylic acid groups (broad SMARTS) is 1. The summed E-state index contributed by atoms with van der Waals surface area (Å²) in [7, 11) is -3.57. The third-order valence-electron chi connectivity index (χ3n) is 4.42. The molecule has 0 aromatic carbocycles. The molecule has 7 nitrogen and oxygen atoms in total. The molecule has 2 heterocycles. The van der Waals surface area contributed by atoms with Crippen LogP contribution in [-0.2, 0) is 15.0 Å². The van der Waals surface area contributed by atoms with Crippen LogP contribution in [0.1, 0.15) is 32.6 Å². The number of piperidine rings is 2. The van der Waals surface area contributed by atoms with E-state index in [9.17, 15) is 13.2 Å². The summed E-state index contributed by atoms with van der Waals surface area (Å²) in [4.78, 5) is 13.3. The molecule has 2 saturated heterocycles. The topological polar surface area (TPSA) is 90.0 Å². The van der Waals surface area contributed by atoms with E-state index >= 15 is 0 Å². The monoisotopic (exact) mass is 319 g/mol. The van der Waals surface area contributed by atoms with Crippen molar-refractivity contribution in [3.8, 4) is 0 Å². The fourth-order valence-electron chi connectivity index (χ4n) is 3.01. The van der Waals surface area contributed by atoms with Crippen LogP contribution in [0.25, 0.3) is 0 Å². The lowest BCUT2D eigenvalue weighted by molar-refractivity contribution is -0.142. The summed E-state index contributed by atoms with van der Waals surface area (Å²) in [5.74, 6) is -1.50. The summed E-state index contributed by atoms with van der Waals surface area (Å²) in [5, 5.41) is 9.05. The molecule has 1 unspecified atom stereocenters. The number of carbonyl (C=O) groups is 1. The van der Waals surface area contributed by atoms with Crippen molar-refractivity contribution < 1.29 is 18.3 Å². The molecule has 2 aliphatic rings. The van der Waals surface area contributed by atoms with Crippen molar-refractivity contribution in [1.29, 1.82) is 0 Å². The minimum absolute atomic E-state index is 0.0389. The molecule has 0 spiro atoms. The highest BCUT2D eigenvalue weighted by Gasteiger charge is 2.33. The lowest BCUT2D eigenvalue weighted by Crippen LogP contribution is -2.52. The molecule has 2 aliphatic heterocycles. The Labute approximate surface area is 126 Å². The quantitative estimate of drug-likeness (QED) is 0.750. The first-order chi connectivity index (χ1) is 9.92. The van der Waals surface area contributed by atoms with E-state index in [0.717, 1.165) is 32.5 Å². The Kier molecular flexibility index (Phi) is 5.59. The maximum Gasteiger partial charge on any atom is 0.307 e. The normalized spacial score (nSPS) is 26.8. The van der Waals surface area contributed by atoms with Gasteiger partial charge in [0.05, 0.1) is 5.92 Å². The number of carboxylic acids is 1. The first-order valence-electron chi connectivity index (χ1n) is 7.65. The van der Waals surface area contributed by atoms with Gasteiger partial charge in [0.15, 0.2) is 0 Å². The highest BCUT2D eigenvalue weighted by Crippen LogP contribution is 2.20. The van der Waals surface area contributed by atoms with E-state index in [1.807, 2.05) is 0 Å². The van der Waals surface area contributed by atoms with Crippen molar-refractivity contribution in [2.24, 2.45) is 5.92 Å². The van der Waals surface area contributed by atoms with Gasteiger partial charge in [-0.3, -0.25) is 4.79 Å². The van der Waals surface area contributed by atoms with Crippen molar-refractivity contribution in [2.45, 2.75) is 38.6 Å². The van der Waals surface area contributed by atoms with Gasteiger partial charge in [-0.15, -0.1) is 0 Å². The van der Waals surface area contributed by atoms with Gasteiger partial charge in [-0.2, -0.15) is 17.4 Å². The molecule has 8 heteroatoms.